The molecule has 0 amide bonds. The highest BCUT2D eigenvalue weighted by atomic mass is 16.6. The van der Waals surface area contributed by atoms with Crippen molar-refractivity contribution in [1.29, 1.82) is 0 Å². The van der Waals surface area contributed by atoms with Crippen molar-refractivity contribution in [3.63, 3.8) is 0 Å². The second-order valence-electron chi connectivity index (χ2n) is 3.16. The summed E-state index contributed by atoms with van der Waals surface area (Å²) in [5, 5.41) is 0. The zero-order valence-corrected chi connectivity index (χ0v) is 8.90. The lowest BCUT2D eigenvalue weighted by molar-refractivity contribution is 0.0443. The molecule has 0 fully saturated rings. The lowest BCUT2D eigenvalue weighted by atomic mass is 10.1. The predicted molar refractivity (Wildman–Crippen MR) is 53.9 cm³/mol. The molecule has 1 aliphatic rings. The van der Waals surface area contributed by atoms with Gasteiger partial charge in [-0.15, -0.1) is 0 Å². The van der Waals surface area contributed by atoms with Gasteiger partial charge in [-0.3, -0.25) is 0 Å². The molecule has 0 aromatic heterocycles. The summed E-state index contributed by atoms with van der Waals surface area (Å²) in [7, 11) is 1.46. The van der Waals surface area contributed by atoms with Crippen molar-refractivity contribution in [2.45, 2.75) is 6.92 Å². The maximum Gasteiger partial charge on any atom is 0.347 e. The number of carbonyl (C=O) groups excluding carboxylic acids is 2. The minimum atomic E-state index is -0.652. The van der Waals surface area contributed by atoms with E-state index in [4.69, 9.17) is 9.47 Å². The molecule has 1 aliphatic heterocycles. The van der Waals surface area contributed by atoms with Crippen LogP contribution in [0.3, 0.4) is 0 Å². The Bertz CT molecular complexity index is 464. The molecule has 0 aliphatic carbocycles. The Kier molecular flexibility index (Phi) is 2.52. The van der Waals surface area contributed by atoms with Gasteiger partial charge in [-0.05, 0) is 19.1 Å². The largest absolute Gasteiger partial charge is 0.493 e. The Morgan fingerprint density at radius 1 is 1.12 bits per heavy atom. The molecule has 0 unspecified atom stereocenters. The summed E-state index contributed by atoms with van der Waals surface area (Å²) in [4.78, 5) is 22.6. The zero-order valence-electron chi connectivity index (χ0n) is 8.90. The van der Waals surface area contributed by atoms with E-state index in [9.17, 15) is 9.59 Å². The van der Waals surface area contributed by atoms with Crippen LogP contribution in [-0.4, -0.2) is 25.7 Å². The van der Waals surface area contributed by atoms with Gasteiger partial charge in [-0.1, -0.05) is 0 Å². The van der Waals surface area contributed by atoms with Crippen LogP contribution in [-0.2, 0) is 4.74 Å². The maximum atomic E-state index is 11.3. The zero-order chi connectivity index (χ0) is 11.7. The van der Waals surface area contributed by atoms with Gasteiger partial charge in [0.2, 0.25) is 0 Å². The third kappa shape index (κ3) is 1.50. The van der Waals surface area contributed by atoms with Crippen LogP contribution in [0.4, 0.5) is 0 Å². The van der Waals surface area contributed by atoms with Crippen LogP contribution >= 0.6 is 0 Å². The van der Waals surface area contributed by atoms with Crippen LogP contribution in [0.5, 0.6) is 11.5 Å². The van der Waals surface area contributed by atoms with Crippen molar-refractivity contribution in [2.75, 3.05) is 13.7 Å². The van der Waals surface area contributed by atoms with Gasteiger partial charge in [-0.2, -0.15) is 0 Å². The SMILES string of the molecule is CCOc1cc2c(cc1OC)C(=O)OC2=O. The van der Waals surface area contributed by atoms with E-state index in [1.165, 1.54) is 19.2 Å². The first-order chi connectivity index (χ1) is 7.67. The fraction of sp³-hybridized carbons (Fsp3) is 0.273. The molecule has 0 N–H and O–H groups in total. The minimum Gasteiger partial charge on any atom is -0.493 e. The molecule has 84 valence electrons. The van der Waals surface area contributed by atoms with E-state index in [-0.39, 0.29) is 11.1 Å². The van der Waals surface area contributed by atoms with Crippen LogP contribution in [0, 0.1) is 0 Å². The summed E-state index contributed by atoms with van der Waals surface area (Å²) < 4.78 is 14.8. The van der Waals surface area contributed by atoms with Crippen molar-refractivity contribution in [3.05, 3.63) is 23.3 Å². The maximum absolute atomic E-state index is 11.3. The number of methoxy groups -OCH3 is 1. The second-order valence-corrected chi connectivity index (χ2v) is 3.16. The lowest BCUT2D eigenvalue weighted by Gasteiger charge is -2.09. The van der Waals surface area contributed by atoms with Crippen LogP contribution in [0.15, 0.2) is 12.1 Å². The van der Waals surface area contributed by atoms with Crippen molar-refractivity contribution >= 4 is 11.9 Å². The average Bonchev–Trinajstić information content (AvgIpc) is 2.54. The van der Waals surface area contributed by atoms with Crippen LogP contribution < -0.4 is 9.47 Å². The highest BCUT2D eigenvalue weighted by Crippen LogP contribution is 2.34. The molecule has 0 atom stereocenters. The fourth-order valence-corrected chi connectivity index (χ4v) is 1.52. The third-order valence-corrected chi connectivity index (χ3v) is 2.23. The molecule has 1 heterocycles. The van der Waals surface area contributed by atoms with E-state index in [1.54, 1.807) is 0 Å². The van der Waals surface area contributed by atoms with Gasteiger partial charge in [0, 0.05) is 0 Å². The minimum absolute atomic E-state index is 0.213. The quantitative estimate of drug-likeness (QED) is 0.571. The lowest BCUT2D eigenvalue weighted by Crippen LogP contribution is -1.99. The first-order valence-electron chi connectivity index (χ1n) is 4.78. The van der Waals surface area contributed by atoms with Crippen LogP contribution in [0.25, 0.3) is 0 Å². The number of hydrogen-bond acceptors (Lipinski definition) is 5. The molecule has 2 rings (SSSR count). The fourth-order valence-electron chi connectivity index (χ4n) is 1.52. The number of cyclic esters (lactones) is 2. The van der Waals surface area contributed by atoms with Crippen molar-refractivity contribution < 1.29 is 23.8 Å². The van der Waals surface area contributed by atoms with Gasteiger partial charge in [0.05, 0.1) is 24.8 Å². The second kappa shape index (κ2) is 3.84. The highest BCUT2D eigenvalue weighted by Gasteiger charge is 2.31. The number of hydrogen-bond donors (Lipinski definition) is 0. The number of esters is 2. The van der Waals surface area contributed by atoms with Crippen LogP contribution in [0.1, 0.15) is 27.6 Å². The molecule has 5 nitrogen and oxygen atoms in total. The smallest absolute Gasteiger partial charge is 0.347 e. The van der Waals surface area contributed by atoms with E-state index in [2.05, 4.69) is 4.74 Å². The summed E-state index contributed by atoms with van der Waals surface area (Å²) in [6.45, 7) is 2.26. The first kappa shape index (κ1) is 10.5. The van der Waals surface area contributed by atoms with E-state index < -0.39 is 11.9 Å². The summed E-state index contributed by atoms with van der Waals surface area (Å²) in [5.41, 5.74) is 0.430. The van der Waals surface area contributed by atoms with E-state index in [1.807, 2.05) is 6.92 Å². The predicted octanol–water partition coefficient (Wildman–Crippen LogP) is 1.40. The molecule has 0 radical (unpaired) electrons. The molecule has 1 aromatic carbocycles. The van der Waals surface area contributed by atoms with Crippen molar-refractivity contribution in [2.24, 2.45) is 0 Å². The number of carbonyl (C=O) groups is 2. The Hall–Kier alpha value is -2.04. The number of ether oxygens (including phenoxy) is 3. The van der Waals surface area contributed by atoms with Gasteiger partial charge in [0.1, 0.15) is 0 Å². The van der Waals surface area contributed by atoms with E-state index in [0.717, 1.165) is 0 Å². The highest BCUT2D eigenvalue weighted by molar-refractivity contribution is 6.15. The molecule has 5 heteroatoms. The summed E-state index contributed by atoms with van der Waals surface area (Å²) >= 11 is 0. The Balaban J connectivity index is 2.55. The average molecular weight is 222 g/mol. The number of benzene rings is 1. The van der Waals surface area contributed by atoms with Crippen molar-refractivity contribution in [1.82, 2.24) is 0 Å². The summed E-state index contributed by atoms with van der Waals surface area (Å²) in [6, 6.07) is 2.92. The monoisotopic (exact) mass is 222 g/mol. The normalized spacial score (nSPS) is 13.4. The topological polar surface area (TPSA) is 61.8 Å². The summed E-state index contributed by atoms with van der Waals surface area (Å²) in [6.07, 6.45) is 0. The Labute approximate surface area is 91.9 Å². The summed E-state index contributed by atoms with van der Waals surface area (Å²) in [5.74, 6) is -0.465. The molecule has 0 saturated carbocycles. The van der Waals surface area contributed by atoms with E-state index >= 15 is 0 Å². The molecule has 0 bridgehead atoms. The first-order valence-corrected chi connectivity index (χ1v) is 4.78. The molecule has 1 aromatic rings. The number of rotatable bonds is 3. The molecular formula is C11H10O5. The van der Waals surface area contributed by atoms with E-state index in [0.29, 0.717) is 18.1 Å². The molecule has 16 heavy (non-hydrogen) atoms. The molecule has 0 spiro atoms. The van der Waals surface area contributed by atoms with Crippen molar-refractivity contribution in [3.8, 4) is 11.5 Å². The third-order valence-electron chi connectivity index (χ3n) is 2.23. The van der Waals surface area contributed by atoms with Gasteiger partial charge in [0.15, 0.2) is 11.5 Å². The van der Waals surface area contributed by atoms with Gasteiger partial charge >= 0.3 is 11.9 Å². The van der Waals surface area contributed by atoms with Gasteiger partial charge < -0.3 is 14.2 Å². The molecular weight excluding hydrogens is 212 g/mol. The van der Waals surface area contributed by atoms with Crippen LogP contribution in [0.2, 0.25) is 0 Å². The van der Waals surface area contributed by atoms with Gasteiger partial charge in [-0.25, -0.2) is 9.59 Å². The Morgan fingerprint density at radius 3 is 2.19 bits per heavy atom. The van der Waals surface area contributed by atoms with Gasteiger partial charge in [0.25, 0.3) is 0 Å². The Morgan fingerprint density at radius 2 is 1.69 bits per heavy atom. The number of fused-ring (bicyclic) bond motifs is 1. The molecule has 0 saturated heterocycles. The standard InChI is InChI=1S/C11H10O5/c1-3-15-9-5-7-6(4-8(9)14-2)10(12)16-11(7)13/h4-5H,3H2,1-2H3.